The van der Waals surface area contributed by atoms with E-state index in [4.69, 9.17) is 0 Å². The Balaban J connectivity index is 2.46. The average molecular weight is 323 g/mol. The lowest BCUT2D eigenvalue weighted by Crippen LogP contribution is -2.29. The van der Waals surface area contributed by atoms with Gasteiger partial charge in [-0.3, -0.25) is 0 Å². The first kappa shape index (κ1) is 21.0. The van der Waals surface area contributed by atoms with Crippen molar-refractivity contribution in [3.63, 3.8) is 0 Å². The van der Waals surface area contributed by atoms with Gasteiger partial charge in [-0.05, 0) is 43.4 Å². The van der Waals surface area contributed by atoms with Gasteiger partial charge in [0.05, 0.1) is 0 Å². The van der Waals surface area contributed by atoms with Gasteiger partial charge in [-0.2, -0.15) is 0 Å². The monoisotopic (exact) mass is 322 g/mol. The highest BCUT2D eigenvalue weighted by Crippen LogP contribution is 2.50. The van der Waals surface area contributed by atoms with Crippen LogP contribution < -0.4 is 0 Å². The second-order valence-electron chi connectivity index (χ2n) is 8.42. The van der Waals surface area contributed by atoms with Crippen molar-refractivity contribution in [3.8, 4) is 0 Å². The summed E-state index contributed by atoms with van der Waals surface area (Å²) in [7, 11) is 0. The third kappa shape index (κ3) is 8.08. The molecule has 1 fully saturated rings. The molecule has 1 rings (SSSR count). The van der Waals surface area contributed by atoms with E-state index >= 15 is 0 Å². The fourth-order valence-electron chi connectivity index (χ4n) is 5.02. The fourth-order valence-corrected chi connectivity index (χ4v) is 5.02. The van der Waals surface area contributed by atoms with Gasteiger partial charge in [-0.25, -0.2) is 0 Å². The van der Waals surface area contributed by atoms with Crippen molar-refractivity contribution < 1.29 is 0 Å². The minimum absolute atomic E-state index is 0.728. The van der Waals surface area contributed by atoms with Crippen LogP contribution >= 0.6 is 0 Å². The molecule has 138 valence electrons. The van der Waals surface area contributed by atoms with Crippen LogP contribution in [0.25, 0.3) is 0 Å². The second-order valence-corrected chi connectivity index (χ2v) is 8.42. The molecule has 0 N–H and O–H groups in total. The number of unbranched alkanes of at least 4 members (excludes halogenated alkanes) is 8. The van der Waals surface area contributed by atoms with Gasteiger partial charge in [0.1, 0.15) is 0 Å². The third-order valence-electron chi connectivity index (χ3n) is 6.56. The molecule has 0 bridgehead atoms. The smallest absolute Gasteiger partial charge is 0.0269 e. The number of rotatable bonds is 15. The molecule has 0 nitrogen and oxygen atoms in total. The lowest BCUT2D eigenvalue weighted by Gasteiger charge is -2.40. The summed E-state index contributed by atoms with van der Waals surface area (Å²) in [6.45, 7) is 7.08. The van der Waals surface area contributed by atoms with Crippen molar-refractivity contribution in [1.82, 2.24) is 0 Å². The summed E-state index contributed by atoms with van der Waals surface area (Å²) in [5.74, 6) is 1.07. The highest BCUT2D eigenvalue weighted by molar-refractivity contribution is 4.89. The van der Waals surface area contributed by atoms with E-state index in [9.17, 15) is 0 Å². The van der Waals surface area contributed by atoms with E-state index in [1.807, 2.05) is 0 Å². The Bertz CT molecular complexity index is 241. The van der Waals surface area contributed by atoms with Crippen molar-refractivity contribution >= 4 is 0 Å². The van der Waals surface area contributed by atoms with Crippen molar-refractivity contribution in [2.24, 2.45) is 11.3 Å². The summed E-state index contributed by atoms with van der Waals surface area (Å²) in [6, 6.07) is 0. The molecule has 0 heterocycles. The molecule has 0 radical (unpaired) electrons. The molecule has 0 saturated heterocycles. The summed E-state index contributed by atoms with van der Waals surface area (Å²) in [5, 5.41) is 0. The lowest BCUT2D eigenvalue weighted by atomic mass is 9.65. The minimum Gasteiger partial charge on any atom is -0.0654 e. The molecule has 1 aliphatic carbocycles. The Kier molecular flexibility index (Phi) is 12.2. The molecule has 23 heavy (non-hydrogen) atoms. The number of hydrogen-bond acceptors (Lipinski definition) is 0. The SMILES string of the molecule is CCCCCCCCCC(CCCC)(CCCC)C1CCCC1. The first-order valence-electron chi connectivity index (χ1n) is 11.3. The highest BCUT2D eigenvalue weighted by atomic mass is 14.4. The minimum atomic E-state index is 0.728. The molecule has 0 aromatic carbocycles. The van der Waals surface area contributed by atoms with Crippen molar-refractivity contribution in [1.29, 1.82) is 0 Å². The first-order chi connectivity index (χ1) is 11.3. The van der Waals surface area contributed by atoms with Crippen LogP contribution in [0.5, 0.6) is 0 Å². The molecular formula is C23H46. The fraction of sp³-hybridized carbons (Fsp3) is 1.00. The zero-order valence-electron chi connectivity index (χ0n) is 16.8. The van der Waals surface area contributed by atoms with Crippen molar-refractivity contribution in [3.05, 3.63) is 0 Å². The van der Waals surface area contributed by atoms with Crippen LogP contribution in [0.3, 0.4) is 0 Å². The van der Waals surface area contributed by atoms with E-state index in [0.717, 1.165) is 11.3 Å². The Hall–Kier alpha value is 0. The van der Waals surface area contributed by atoms with E-state index in [1.165, 1.54) is 96.3 Å². The van der Waals surface area contributed by atoms with Crippen LogP contribution in [-0.2, 0) is 0 Å². The maximum Gasteiger partial charge on any atom is -0.0269 e. The van der Waals surface area contributed by atoms with E-state index in [0.29, 0.717) is 0 Å². The van der Waals surface area contributed by atoms with E-state index in [1.54, 1.807) is 19.3 Å². The van der Waals surface area contributed by atoms with Gasteiger partial charge in [-0.15, -0.1) is 0 Å². The molecule has 0 spiro atoms. The third-order valence-corrected chi connectivity index (χ3v) is 6.56. The summed E-state index contributed by atoms with van der Waals surface area (Å²) < 4.78 is 0. The van der Waals surface area contributed by atoms with Gasteiger partial charge in [0.25, 0.3) is 0 Å². The molecule has 0 aromatic heterocycles. The maximum absolute atomic E-state index is 2.38. The topological polar surface area (TPSA) is 0 Å². The predicted molar refractivity (Wildman–Crippen MR) is 106 cm³/mol. The Morgan fingerprint density at radius 3 is 1.52 bits per heavy atom. The molecule has 0 aliphatic heterocycles. The van der Waals surface area contributed by atoms with Gasteiger partial charge < -0.3 is 0 Å². The van der Waals surface area contributed by atoms with Crippen LogP contribution in [0.15, 0.2) is 0 Å². The van der Waals surface area contributed by atoms with Crippen LogP contribution in [0.1, 0.15) is 136 Å². The largest absolute Gasteiger partial charge is 0.0654 e. The first-order valence-corrected chi connectivity index (χ1v) is 11.3. The van der Waals surface area contributed by atoms with Crippen molar-refractivity contribution in [2.45, 2.75) is 136 Å². The Morgan fingerprint density at radius 2 is 1.00 bits per heavy atom. The Labute approximate surface area is 148 Å². The summed E-state index contributed by atoms with van der Waals surface area (Å²) in [6.07, 6.45) is 26.7. The average Bonchev–Trinajstić information content (AvgIpc) is 3.11. The highest BCUT2D eigenvalue weighted by Gasteiger charge is 2.38. The van der Waals surface area contributed by atoms with Gasteiger partial charge in [0.2, 0.25) is 0 Å². The van der Waals surface area contributed by atoms with Gasteiger partial charge in [0, 0.05) is 0 Å². The molecule has 0 heteroatoms. The Morgan fingerprint density at radius 1 is 0.565 bits per heavy atom. The van der Waals surface area contributed by atoms with Crippen LogP contribution in [0.4, 0.5) is 0 Å². The molecule has 0 unspecified atom stereocenters. The van der Waals surface area contributed by atoms with E-state index in [2.05, 4.69) is 20.8 Å². The standard InChI is InChI=1S/C23H46/c1-4-7-10-11-12-13-16-21-23(19-8-5-2,20-9-6-3)22-17-14-15-18-22/h22H,4-21H2,1-3H3. The van der Waals surface area contributed by atoms with Crippen LogP contribution in [0.2, 0.25) is 0 Å². The summed E-state index contributed by atoms with van der Waals surface area (Å²) in [5.41, 5.74) is 0.728. The quantitative estimate of drug-likeness (QED) is 0.264. The second kappa shape index (κ2) is 13.3. The van der Waals surface area contributed by atoms with Gasteiger partial charge in [-0.1, -0.05) is 104 Å². The molecule has 0 atom stereocenters. The van der Waals surface area contributed by atoms with Crippen LogP contribution in [0, 0.1) is 11.3 Å². The van der Waals surface area contributed by atoms with E-state index in [-0.39, 0.29) is 0 Å². The van der Waals surface area contributed by atoms with Gasteiger partial charge in [0.15, 0.2) is 0 Å². The molecule has 0 aromatic rings. The van der Waals surface area contributed by atoms with E-state index < -0.39 is 0 Å². The van der Waals surface area contributed by atoms with Gasteiger partial charge >= 0.3 is 0 Å². The summed E-state index contributed by atoms with van der Waals surface area (Å²) >= 11 is 0. The molecule has 1 aliphatic rings. The maximum atomic E-state index is 2.38. The number of hydrogen-bond donors (Lipinski definition) is 0. The molecule has 1 saturated carbocycles. The zero-order chi connectivity index (χ0) is 16.8. The normalized spacial score (nSPS) is 16.3. The molecule has 0 amide bonds. The molecular weight excluding hydrogens is 276 g/mol. The van der Waals surface area contributed by atoms with Crippen LogP contribution in [-0.4, -0.2) is 0 Å². The predicted octanol–water partition coefficient (Wildman–Crippen LogP) is 8.68. The lowest BCUT2D eigenvalue weighted by molar-refractivity contribution is 0.105. The zero-order valence-corrected chi connectivity index (χ0v) is 16.8. The summed E-state index contributed by atoms with van der Waals surface area (Å²) in [4.78, 5) is 0. The van der Waals surface area contributed by atoms with Crippen molar-refractivity contribution in [2.75, 3.05) is 0 Å².